The van der Waals surface area contributed by atoms with Crippen LogP contribution in [0.3, 0.4) is 0 Å². The number of rotatable bonds is 6. The van der Waals surface area contributed by atoms with E-state index in [0.717, 1.165) is 11.1 Å². The van der Waals surface area contributed by atoms with Crippen LogP contribution in [0.2, 0.25) is 0 Å². The summed E-state index contributed by atoms with van der Waals surface area (Å²) in [5, 5.41) is 25.2. The summed E-state index contributed by atoms with van der Waals surface area (Å²) in [6, 6.07) is 6.67. The molecule has 0 unspecified atom stereocenters. The molecule has 8 aromatic rings. The fraction of sp³-hybridized carbons (Fsp3) is 0.0968. The Morgan fingerprint density at radius 3 is 2.00 bits per heavy atom. The second-order valence-electron chi connectivity index (χ2n) is 10.4. The maximum atomic E-state index is 14.6. The molecule has 8 heterocycles. The van der Waals surface area contributed by atoms with Crippen molar-refractivity contribution in [1.29, 1.82) is 0 Å². The SMILES string of the molecule is Cn1ccnc1-c1nc(O)c2scc(-c3ncccc3Cc3cn(C)c(-c4nc(O)c5scc(-c6ncccc6F)c5n4)n3)c2n1. The third-order valence-electron chi connectivity index (χ3n) is 7.47. The third kappa shape index (κ3) is 4.55. The van der Waals surface area contributed by atoms with Gasteiger partial charge in [-0.15, -0.1) is 22.7 Å². The second-order valence-corrected chi connectivity index (χ2v) is 12.2. The Labute approximate surface area is 267 Å². The lowest BCUT2D eigenvalue weighted by Gasteiger charge is -2.07. The molecule has 0 aliphatic carbocycles. The molecule has 226 valence electrons. The Morgan fingerprint density at radius 2 is 1.35 bits per heavy atom. The Kier molecular flexibility index (Phi) is 6.51. The minimum absolute atomic E-state index is 0.120. The molecule has 0 amide bonds. The maximum absolute atomic E-state index is 14.6. The maximum Gasteiger partial charge on any atom is 0.233 e. The molecule has 8 rings (SSSR count). The van der Waals surface area contributed by atoms with Crippen molar-refractivity contribution in [2.75, 3.05) is 0 Å². The Bertz CT molecular complexity index is 2450. The summed E-state index contributed by atoms with van der Waals surface area (Å²) in [7, 11) is 3.66. The first-order chi connectivity index (χ1) is 22.4. The van der Waals surface area contributed by atoms with Gasteiger partial charge in [0.2, 0.25) is 11.8 Å². The van der Waals surface area contributed by atoms with Gasteiger partial charge in [0.15, 0.2) is 23.3 Å². The highest BCUT2D eigenvalue weighted by atomic mass is 32.1. The number of hydrogen-bond donors (Lipinski definition) is 2. The molecule has 0 saturated heterocycles. The number of thiophene rings is 2. The summed E-state index contributed by atoms with van der Waals surface area (Å²) in [5.41, 5.74) is 4.62. The van der Waals surface area contributed by atoms with E-state index in [2.05, 4.69) is 19.9 Å². The molecule has 0 aliphatic heterocycles. The summed E-state index contributed by atoms with van der Waals surface area (Å²) in [6.07, 6.45) is 8.93. The molecule has 8 aromatic heterocycles. The standard InChI is InChI=1S/C31H21FN10O2S2/c1-41-10-9-35-28(41)26-37-22-17(13-45-24(22)30(43)39-26)20-15(5-3-7-33-20)11-16-12-42(2)29(36-16)27-38-23-18(14-46-25(23)31(44)40-27)21-19(32)6-4-8-34-21/h3-10,12-14H,11H2,1-2H3,(H,37,39,43)(H,38,40,44). The number of halogens is 1. The van der Waals surface area contributed by atoms with Gasteiger partial charge < -0.3 is 19.3 Å². The van der Waals surface area contributed by atoms with Crippen molar-refractivity contribution in [3.05, 3.63) is 83.1 Å². The zero-order valence-electron chi connectivity index (χ0n) is 24.1. The van der Waals surface area contributed by atoms with E-state index >= 15 is 0 Å². The quantitative estimate of drug-likeness (QED) is 0.227. The fourth-order valence-corrected chi connectivity index (χ4v) is 7.10. The normalized spacial score (nSPS) is 11.6. The lowest BCUT2D eigenvalue weighted by Crippen LogP contribution is -1.99. The molecule has 0 atom stereocenters. The first kappa shape index (κ1) is 27.8. The van der Waals surface area contributed by atoms with Crippen molar-refractivity contribution in [3.63, 3.8) is 0 Å². The van der Waals surface area contributed by atoms with Gasteiger partial charge in [0.25, 0.3) is 0 Å². The van der Waals surface area contributed by atoms with Crippen LogP contribution < -0.4 is 0 Å². The van der Waals surface area contributed by atoms with Crippen molar-refractivity contribution in [1.82, 2.24) is 49.0 Å². The molecule has 0 saturated carbocycles. The summed E-state index contributed by atoms with van der Waals surface area (Å²) in [6.45, 7) is 0. The first-order valence-corrected chi connectivity index (χ1v) is 15.6. The van der Waals surface area contributed by atoms with E-state index in [4.69, 9.17) is 19.9 Å². The fourth-order valence-electron chi connectivity index (χ4n) is 5.35. The van der Waals surface area contributed by atoms with Gasteiger partial charge >= 0.3 is 0 Å². The van der Waals surface area contributed by atoms with Gasteiger partial charge in [0, 0.05) is 73.4 Å². The van der Waals surface area contributed by atoms with Crippen LogP contribution in [-0.4, -0.2) is 59.2 Å². The van der Waals surface area contributed by atoms with Gasteiger partial charge in [0.05, 0.1) is 22.4 Å². The van der Waals surface area contributed by atoms with Crippen molar-refractivity contribution in [2.45, 2.75) is 6.42 Å². The predicted octanol–water partition coefficient (Wildman–Crippen LogP) is 5.76. The van der Waals surface area contributed by atoms with Crippen LogP contribution in [0.15, 0.2) is 66.0 Å². The van der Waals surface area contributed by atoms with E-state index in [1.807, 2.05) is 37.8 Å². The van der Waals surface area contributed by atoms with E-state index in [1.54, 1.807) is 33.1 Å². The van der Waals surface area contributed by atoms with Gasteiger partial charge in [-0.2, -0.15) is 9.97 Å². The highest BCUT2D eigenvalue weighted by molar-refractivity contribution is 7.18. The number of aromatic hydroxyl groups is 2. The molecular formula is C31H21FN10O2S2. The second kappa shape index (κ2) is 10.7. The molecular weight excluding hydrogens is 628 g/mol. The van der Waals surface area contributed by atoms with Gasteiger partial charge in [-0.3, -0.25) is 9.97 Å². The van der Waals surface area contributed by atoms with E-state index in [0.29, 0.717) is 61.3 Å². The van der Waals surface area contributed by atoms with E-state index in [-0.39, 0.29) is 23.3 Å². The number of aryl methyl sites for hydroxylation is 2. The van der Waals surface area contributed by atoms with Crippen LogP contribution in [0, 0.1) is 5.82 Å². The van der Waals surface area contributed by atoms with Crippen LogP contribution in [-0.2, 0) is 20.5 Å². The molecule has 46 heavy (non-hydrogen) atoms. The monoisotopic (exact) mass is 648 g/mol. The summed E-state index contributed by atoms with van der Waals surface area (Å²) in [5.74, 6) is 0.638. The van der Waals surface area contributed by atoms with Crippen LogP contribution >= 0.6 is 22.7 Å². The molecule has 12 nitrogen and oxygen atoms in total. The summed E-state index contributed by atoms with van der Waals surface area (Å²) < 4.78 is 19.2. The topological polar surface area (TPSA) is 153 Å². The average Bonchev–Trinajstić information content (AvgIpc) is 3.84. The van der Waals surface area contributed by atoms with Crippen molar-refractivity contribution in [3.8, 4) is 57.6 Å². The zero-order chi connectivity index (χ0) is 31.5. The lowest BCUT2D eigenvalue weighted by molar-refractivity contribution is 0.460. The molecule has 0 fully saturated rings. The number of aromatic nitrogens is 10. The molecule has 0 aliphatic rings. The Morgan fingerprint density at radius 1 is 0.717 bits per heavy atom. The smallest absolute Gasteiger partial charge is 0.233 e. The summed E-state index contributed by atoms with van der Waals surface area (Å²) in [4.78, 5) is 36.1. The van der Waals surface area contributed by atoms with Gasteiger partial charge in [-0.05, 0) is 23.8 Å². The van der Waals surface area contributed by atoms with E-state index in [9.17, 15) is 14.6 Å². The largest absolute Gasteiger partial charge is 0.492 e. The molecule has 2 N–H and O–H groups in total. The predicted molar refractivity (Wildman–Crippen MR) is 172 cm³/mol. The zero-order valence-corrected chi connectivity index (χ0v) is 25.8. The van der Waals surface area contributed by atoms with Crippen molar-refractivity contribution >= 4 is 43.1 Å². The van der Waals surface area contributed by atoms with Gasteiger partial charge in [-0.1, -0.05) is 6.07 Å². The van der Waals surface area contributed by atoms with Crippen LogP contribution in [0.25, 0.3) is 66.2 Å². The lowest BCUT2D eigenvalue weighted by atomic mass is 10.0. The minimum atomic E-state index is -0.485. The third-order valence-corrected chi connectivity index (χ3v) is 9.40. The Hall–Kier alpha value is -5.67. The average molecular weight is 649 g/mol. The highest BCUT2D eigenvalue weighted by Crippen LogP contribution is 2.40. The van der Waals surface area contributed by atoms with Crippen LogP contribution in [0.4, 0.5) is 4.39 Å². The van der Waals surface area contributed by atoms with Crippen molar-refractivity contribution in [2.24, 2.45) is 14.1 Å². The van der Waals surface area contributed by atoms with E-state index < -0.39 is 5.82 Å². The number of hydrogen-bond acceptors (Lipinski definition) is 12. The minimum Gasteiger partial charge on any atom is -0.492 e. The highest BCUT2D eigenvalue weighted by Gasteiger charge is 2.22. The molecule has 0 bridgehead atoms. The first-order valence-electron chi connectivity index (χ1n) is 13.9. The number of pyridine rings is 2. The van der Waals surface area contributed by atoms with Crippen LogP contribution in [0.5, 0.6) is 11.8 Å². The van der Waals surface area contributed by atoms with Gasteiger partial charge in [0.1, 0.15) is 20.9 Å². The molecule has 0 radical (unpaired) electrons. The van der Waals surface area contributed by atoms with Crippen molar-refractivity contribution < 1.29 is 14.6 Å². The molecule has 0 aromatic carbocycles. The van der Waals surface area contributed by atoms with E-state index in [1.165, 1.54) is 41.0 Å². The number of fused-ring (bicyclic) bond motifs is 2. The molecule has 15 heteroatoms. The van der Waals surface area contributed by atoms with Crippen LogP contribution in [0.1, 0.15) is 11.3 Å². The number of imidazole rings is 2. The number of nitrogens with zero attached hydrogens (tertiary/aromatic N) is 10. The molecule has 0 spiro atoms. The Balaban J connectivity index is 1.18. The van der Waals surface area contributed by atoms with Gasteiger partial charge in [-0.25, -0.2) is 24.3 Å². The summed E-state index contributed by atoms with van der Waals surface area (Å²) >= 11 is 2.56.